The summed E-state index contributed by atoms with van der Waals surface area (Å²) in [6, 6.07) is -0.432. The van der Waals surface area contributed by atoms with Crippen LogP contribution in [-0.4, -0.2) is 46.2 Å². The number of allylic oxidation sites excluding steroid dienone is 1. The van der Waals surface area contributed by atoms with Crippen molar-refractivity contribution in [1.29, 1.82) is 0 Å². The van der Waals surface area contributed by atoms with Crippen LogP contribution in [0, 0.1) is 0 Å². The summed E-state index contributed by atoms with van der Waals surface area (Å²) in [7, 11) is 0. The Morgan fingerprint density at radius 2 is 1.52 bits per heavy atom. The molecule has 0 saturated carbocycles. The number of ether oxygens (including phenoxy) is 2. The van der Waals surface area contributed by atoms with Gasteiger partial charge in [-0.25, -0.2) is 4.79 Å². The van der Waals surface area contributed by atoms with E-state index in [0.717, 1.165) is 6.42 Å². The van der Waals surface area contributed by atoms with Crippen LogP contribution in [0.1, 0.15) is 119 Å². The first kappa shape index (κ1) is 28.0. The fraction of sp³-hybridized carbons (Fsp3) is 0.885. The van der Waals surface area contributed by atoms with Gasteiger partial charge in [0.05, 0.1) is 12.6 Å². The van der Waals surface area contributed by atoms with E-state index in [0.29, 0.717) is 0 Å². The van der Waals surface area contributed by atoms with Gasteiger partial charge in [-0.05, 0) is 47.5 Å². The monoisotopic (exact) mass is 439 g/mol. The number of aliphatic hydroxyl groups is 1. The van der Waals surface area contributed by atoms with Crippen LogP contribution in [0.3, 0.4) is 0 Å². The van der Waals surface area contributed by atoms with Gasteiger partial charge in [-0.15, -0.1) is 0 Å². The van der Waals surface area contributed by atoms with Gasteiger partial charge in [0.1, 0.15) is 17.4 Å². The molecule has 1 unspecified atom stereocenters. The van der Waals surface area contributed by atoms with Gasteiger partial charge in [0.2, 0.25) is 0 Å². The molecule has 31 heavy (non-hydrogen) atoms. The van der Waals surface area contributed by atoms with Crippen molar-refractivity contribution >= 4 is 6.09 Å². The molecule has 182 valence electrons. The Labute approximate surface area is 191 Å². The summed E-state index contributed by atoms with van der Waals surface area (Å²) in [5, 5.41) is 9.93. The molecule has 1 fully saturated rings. The SMILES string of the molecule is CCCCCCCCCCCCCC=C[C@H]1OC(C)(C)N(C(=O)OC(C)(C)C)C1CO. The zero-order chi connectivity index (χ0) is 23.3. The predicted molar refractivity (Wildman–Crippen MR) is 128 cm³/mol. The van der Waals surface area contributed by atoms with Crippen LogP contribution in [0.5, 0.6) is 0 Å². The summed E-state index contributed by atoms with van der Waals surface area (Å²) < 4.78 is 11.6. The van der Waals surface area contributed by atoms with Gasteiger partial charge in [-0.2, -0.15) is 0 Å². The number of carbonyl (C=O) groups is 1. The van der Waals surface area contributed by atoms with Crippen LogP contribution >= 0.6 is 0 Å². The summed E-state index contributed by atoms with van der Waals surface area (Å²) >= 11 is 0. The highest BCUT2D eigenvalue weighted by Gasteiger charge is 2.50. The van der Waals surface area contributed by atoms with Crippen LogP contribution in [0.4, 0.5) is 4.79 Å². The fourth-order valence-corrected chi connectivity index (χ4v) is 4.19. The second kappa shape index (κ2) is 14.2. The highest BCUT2D eigenvalue weighted by atomic mass is 16.6. The molecule has 5 nitrogen and oxygen atoms in total. The number of rotatable bonds is 14. The predicted octanol–water partition coefficient (Wildman–Crippen LogP) is 6.98. The van der Waals surface area contributed by atoms with Crippen molar-refractivity contribution in [3.05, 3.63) is 12.2 Å². The maximum atomic E-state index is 12.7. The van der Waals surface area contributed by atoms with Crippen molar-refractivity contribution < 1.29 is 19.4 Å². The molecule has 2 atom stereocenters. The number of hydrogen-bond donors (Lipinski definition) is 1. The summed E-state index contributed by atoms with van der Waals surface area (Å²) in [5.41, 5.74) is -1.41. The molecule has 0 aliphatic carbocycles. The molecule has 0 spiro atoms. The van der Waals surface area contributed by atoms with E-state index in [-0.39, 0.29) is 12.7 Å². The molecular weight excluding hydrogens is 390 g/mol. The third-order valence-corrected chi connectivity index (χ3v) is 5.79. The van der Waals surface area contributed by atoms with Crippen molar-refractivity contribution in [2.75, 3.05) is 6.61 Å². The number of aliphatic hydroxyl groups excluding tert-OH is 1. The lowest BCUT2D eigenvalue weighted by Gasteiger charge is -2.34. The van der Waals surface area contributed by atoms with Gasteiger partial charge in [0.15, 0.2) is 0 Å². The van der Waals surface area contributed by atoms with Crippen molar-refractivity contribution in [2.24, 2.45) is 0 Å². The number of nitrogens with zero attached hydrogens (tertiary/aromatic N) is 1. The summed E-state index contributed by atoms with van der Waals surface area (Å²) in [4.78, 5) is 14.2. The van der Waals surface area contributed by atoms with Crippen molar-refractivity contribution in [2.45, 2.75) is 142 Å². The molecule has 0 radical (unpaired) electrons. The molecule has 1 rings (SSSR count). The van der Waals surface area contributed by atoms with Crippen molar-refractivity contribution in [1.82, 2.24) is 4.90 Å². The molecule has 5 heteroatoms. The van der Waals surface area contributed by atoms with Crippen LogP contribution in [0.2, 0.25) is 0 Å². The van der Waals surface area contributed by atoms with E-state index >= 15 is 0 Å². The molecule has 1 aliphatic rings. The Bertz CT molecular complexity index is 524. The first-order valence-electron chi connectivity index (χ1n) is 12.6. The maximum absolute atomic E-state index is 12.7. The molecule has 0 aromatic heterocycles. The largest absolute Gasteiger partial charge is 0.444 e. The maximum Gasteiger partial charge on any atom is 0.413 e. The average Bonchev–Trinajstić information content (AvgIpc) is 2.93. The van der Waals surface area contributed by atoms with Crippen LogP contribution in [-0.2, 0) is 9.47 Å². The second-order valence-corrected chi connectivity index (χ2v) is 10.4. The lowest BCUT2D eigenvalue weighted by Crippen LogP contribution is -2.51. The molecule has 0 bridgehead atoms. The molecule has 1 saturated heterocycles. The number of amides is 1. The zero-order valence-electron chi connectivity index (χ0n) is 21.1. The Morgan fingerprint density at radius 1 is 1.00 bits per heavy atom. The first-order chi connectivity index (χ1) is 14.6. The Morgan fingerprint density at radius 3 is 2.00 bits per heavy atom. The number of carbonyl (C=O) groups excluding carboxylic acids is 1. The van der Waals surface area contributed by atoms with Gasteiger partial charge in [0.25, 0.3) is 0 Å². The molecule has 0 aromatic carbocycles. The summed E-state index contributed by atoms with van der Waals surface area (Å²) in [6.45, 7) is 11.3. The number of hydrogen-bond acceptors (Lipinski definition) is 4. The Kier molecular flexibility index (Phi) is 12.8. The van der Waals surface area contributed by atoms with Gasteiger partial charge >= 0.3 is 6.09 Å². The van der Waals surface area contributed by atoms with Gasteiger partial charge in [-0.3, -0.25) is 4.90 Å². The zero-order valence-corrected chi connectivity index (χ0v) is 21.1. The minimum absolute atomic E-state index is 0.157. The van der Waals surface area contributed by atoms with E-state index < -0.39 is 23.5 Å². The van der Waals surface area contributed by atoms with Gasteiger partial charge in [-0.1, -0.05) is 83.3 Å². The van der Waals surface area contributed by atoms with E-state index in [1.54, 1.807) is 0 Å². The smallest absolute Gasteiger partial charge is 0.413 e. The van der Waals surface area contributed by atoms with E-state index in [9.17, 15) is 9.90 Å². The number of unbranched alkanes of at least 4 members (excludes halogenated alkanes) is 11. The minimum atomic E-state index is -0.818. The summed E-state index contributed by atoms with van der Waals surface area (Å²) in [5.74, 6) is 0. The van der Waals surface area contributed by atoms with Crippen LogP contribution in [0.25, 0.3) is 0 Å². The van der Waals surface area contributed by atoms with E-state index in [1.807, 2.05) is 40.7 Å². The molecule has 1 amide bonds. The van der Waals surface area contributed by atoms with E-state index in [1.165, 1.54) is 75.5 Å². The standard InChI is InChI=1S/C26H49NO4/c1-7-8-9-10-11-12-13-14-15-16-17-18-19-20-23-22(21-28)27(26(5,6)30-23)24(29)31-25(2,3)4/h19-20,22-23,28H,7-18,21H2,1-6H3/t22?,23-/m1/s1. The van der Waals surface area contributed by atoms with Gasteiger partial charge in [0, 0.05) is 0 Å². The van der Waals surface area contributed by atoms with Crippen molar-refractivity contribution in [3.8, 4) is 0 Å². The summed E-state index contributed by atoms with van der Waals surface area (Å²) in [6.07, 6.45) is 19.1. The quantitative estimate of drug-likeness (QED) is 0.234. The molecule has 1 N–H and O–H groups in total. The Hall–Kier alpha value is -1.07. The van der Waals surface area contributed by atoms with Crippen LogP contribution in [0.15, 0.2) is 12.2 Å². The lowest BCUT2D eigenvalue weighted by molar-refractivity contribution is -0.0724. The minimum Gasteiger partial charge on any atom is -0.444 e. The van der Waals surface area contributed by atoms with E-state index in [2.05, 4.69) is 13.0 Å². The highest BCUT2D eigenvalue weighted by Crippen LogP contribution is 2.34. The van der Waals surface area contributed by atoms with Crippen LogP contribution < -0.4 is 0 Å². The average molecular weight is 440 g/mol. The van der Waals surface area contributed by atoms with Gasteiger partial charge < -0.3 is 14.6 Å². The molecule has 1 heterocycles. The fourth-order valence-electron chi connectivity index (χ4n) is 4.19. The highest BCUT2D eigenvalue weighted by molar-refractivity contribution is 5.70. The lowest BCUT2D eigenvalue weighted by atomic mass is 10.0. The molecule has 1 aliphatic heterocycles. The first-order valence-corrected chi connectivity index (χ1v) is 12.6. The third kappa shape index (κ3) is 10.9. The third-order valence-electron chi connectivity index (χ3n) is 5.79. The molecule has 0 aromatic rings. The normalized spacial score (nSPS) is 21.2. The second-order valence-electron chi connectivity index (χ2n) is 10.4. The van der Waals surface area contributed by atoms with Crippen molar-refractivity contribution in [3.63, 3.8) is 0 Å². The molecular formula is C26H49NO4. The van der Waals surface area contributed by atoms with E-state index in [4.69, 9.17) is 9.47 Å². The topological polar surface area (TPSA) is 59.0 Å². The Balaban J connectivity index is 2.30.